The van der Waals surface area contributed by atoms with E-state index in [1.807, 2.05) is 207 Å². The van der Waals surface area contributed by atoms with Gasteiger partial charge in [-0.2, -0.15) is 20.5 Å². The molecule has 0 heterocycles. The summed E-state index contributed by atoms with van der Waals surface area (Å²) >= 11 is 0. The normalized spacial score (nSPS) is 11.5. The van der Waals surface area contributed by atoms with Crippen LogP contribution in [-0.2, 0) is 0 Å². The lowest BCUT2D eigenvalue weighted by atomic mass is 10.1. The lowest BCUT2D eigenvalue weighted by Gasteiger charge is -2.08. The minimum Gasteiger partial charge on any atom is -0.497 e. The van der Waals surface area contributed by atoms with E-state index in [0.29, 0.717) is 13.2 Å². The zero-order chi connectivity index (χ0) is 62.9. The van der Waals surface area contributed by atoms with Gasteiger partial charge in [-0.1, -0.05) is 83.1 Å². The number of ether oxygens (including phenoxy) is 8. The first-order chi connectivity index (χ1) is 45.0. The highest BCUT2D eigenvalue weighted by atomic mass is 16.5. The van der Waals surface area contributed by atoms with Gasteiger partial charge in [-0.05, 0) is 238 Å². The molecule has 14 heteroatoms. The van der Waals surface area contributed by atoms with Gasteiger partial charge in [-0.25, -0.2) is 0 Å². The molecule has 0 saturated carbocycles. The largest absolute Gasteiger partial charge is 0.497 e. The molecule has 0 fully saturated rings. The van der Waals surface area contributed by atoms with Gasteiger partial charge in [-0.3, -0.25) is 9.98 Å². The van der Waals surface area contributed by atoms with E-state index in [2.05, 4.69) is 25.4 Å². The molecule has 91 heavy (non-hydrogen) atoms. The smallest absolute Gasteiger partial charge is 0.121 e. The molecule has 0 saturated heterocycles. The van der Waals surface area contributed by atoms with E-state index in [4.69, 9.17) is 42.9 Å². The lowest BCUT2D eigenvalue weighted by Crippen LogP contribution is -2.00. The number of unbranched alkanes of at least 4 members (excludes halogenated alkanes) is 16. The summed E-state index contributed by atoms with van der Waals surface area (Å²) < 4.78 is 46.4. The second kappa shape index (κ2) is 41.1. The Morgan fingerprint density at radius 2 is 0.473 bits per heavy atom. The summed E-state index contributed by atoms with van der Waals surface area (Å²) in [4.78, 5) is 9.37. The molecule has 0 atom stereocenters. The highest BCUT2D eigenvalue weighted by molar-refractivity contribution is 5.83. The number of hydrogen-bond acceptors (Lipinski definition) is 14. The fourth-order valence-corrected chi connectivity index (χ4v) is 9.68. The third kappa shape index (κ3) is 27.5. The number of rotatable bonds is 44. The average molecular weight is 1230 g/mol. The lowest BCUT2D eigenvalue weighted by molar-refractivity contribution is 0.279. The van der Waals surface area contributed by atoms with Crippen LogP contribution in [0.15, 0.2) is 225 Å². The van der Waals surface area contributed by atoms with E-state index in [1.54, 1.807) is 14.2 Å². The number of azo groups is 2. The molecule has 0 unspecified atom stereocenters. The van der Waals surface area contributed by atoms with E-state index in [-0.39, 0.29) is 0 Å². The Morgan fingerprint density at radius 1 is 0.231 bits per heavy atom. The van der Waals surface area contributed by atoms with E-state index in [1.165, 1.54) is 77.0 Å². The molecule has 0 bridgehead atoms. The first kappa shape index (κ1) is 67.6. The van der Waals surface area contributed by atoms with Crippen molar-refractivity contribution in [2.45, 2.75) is 122 Å². The molecule has 476 valence electrons. The summed E-state index contributed by atoms with van der Waals surface area (Å²) in [6.07, 6.45) is 25.5. The van der Waals surface area contributed by atoms with Crippen LogP contribution >= 0.6 is 0 Å². The predicted molar refractivity (Wildman–Crippen MR) is 368 cm³/mol. The SMILES string of the molecule is COc1ccc(N=Nc2ccc(OCCCCCCCCCCOc3ccc(C=Nc4ccc(OCCCCCOc5cccc(N=Cc6ccc(OCCCCCCCCCCOc7ccc(N=Nc8ccc(OC)cc8)cc7)cc6)c5)cc4)cc3)cc2)cc1. The van der Waals surface area contributed by atoms with Crippen LogP contribution in [0.4, 0.5) is 34.1 Å². The fourth-order valence-electron chi connectivity index (χ4n) is 9.68. The van der Waals surface area contributed by atoms with Crippen molar-refractivity contribution in [3.63, 3.8) is 0 Å². The number of aliphatic imine (C=N–C) groups is 2. The zero-order valence-electron chi connectivity index (χ0n) is 53.3. The molecule has 0 aliphatic carbocycles. The molecular formula is C77H90N6O8. The maximum atomic E-state index is 6.07. The minimum absolute atomic E-state index is 0.637. The molecular weight excluding hydrogens is 1140 g/mol. The molecule has 0 aromatic heterocycles. The van der Waals surface area contributed by atoms with Crippen molar-refractivity contribution in [3.05, 3.63) is 205 Å². The van der Waals surface area contributed by atoms with Crippen molar-refractivity contribution in [1.29, 1.82) is 0 Å². The second-order valence-electron chi connectivity index (χ2n) is 22.2. The Balaban J connectivity index is 0.569. The molecule has 0 aliphatic rings. The second-order valence-corrected chi connectivity index (χ2v) is 22.2. The number of hydrogen-bond donors (Lipinski definition) is 0. The van der Waals surface area contributed by atoms with Gasteiger partial charge in [0.25, 0.3) is 0 Å². The van der Waals surface area contributed by atoms with E-state index in [9.17, 15) is 0 Å². The molecule has 0 radical (unpaired) electrons. The van der Waals surface area contributed by atoms with Gasteiger partial charge in [0.1, 0.15) is 46.0 Å². The third-order valence-corrected chi connectivity index (χ3v) is 15.0. The first-order valence-corrected chi connectivity index (χ1v) is 32.6. The van der Waals surface area contributed by atoms with Gasteiger partial charge in [-0.15, -0.1) is 0 Å². The van der Waals surface area contributed by atoms with Crippen molar-refractivity contribution in [1.82, 2.24) is 0 Å². The molecule has 8 aromatic rings. The standard InChI is InChI=1S/C77H90N6O8/c1-84-70-43-31-65(32-44-70)80-82-67-35-49-75(50-36-67)88-55-18-13-9-5-3-7-11-16-53-86-72-39-25-62(26-40-72)60-78-64-29-47-74(48-30-64)90-57-20-15-21-58-91-77-24-22-23-69(59-77)79-61-63-27-41-73(42-28-63)87-54-17-12-8-4-6-10-14-19-56-89-76-51-37-68(38-52-76)83-81-66-33-45-71(85-2)46-34-66/h22-52,59-61H,3-21,53-58H2,1-2H3. The number of nitrogens with zero attached hydrogens (tertiary/aromatic N) is 6. The molecule has 8 rings (SSSR count). The van der Waals surface area contributed by atoms with Gasteiger partial charge >= 0.3 is 0 Å². The zero-order valence-corrected chi connectivity index (χ0v) is 53.3. The Labute approximate surface area is 539 Å². The van der Waals surface area contributed by atoms with Crippen LogP contribution in [0.3, 0.4) is 0 Å². The van der Waals surface area contributed by atoms with E-state index >= 15 is 0 Å². The van der Waals surface area contributed by atoms with E-state index in [0.717, 1.165) is 163 Å². The molecule has 14 nitrogen and oxygen atoms in total. The van der Waals surface area contributed by atoms with Crippen LogP contribution in [0.1, 0.15) is 133 Å². The Bertz CT molecular complexity index is 3360. The van der Waals surface area contributed by atoms with Crippen molar-refractivity contribution in [2.75, 3.05) is 53.9 Å². The van der Waals surface area contributed by atoms with Gasteiger partial charge in [0.2, 0.25) is 0 Å². The third-order valence-electron chi connectivity index (χ3n) is 15.0. The summed E-state index contributed by atoms with van der Waals surface area (Å²) in [5, 5.41) is 17.2. The van der Waals surface area contributed by atoms with Crippen LogP contribution in [-0.4, -0.2) is 66.3 Å². The van der Waals surface area contributed by atoms with Crippen molar-refractivity contribution < 1.29 is 37.9 Å². The van der Waals surface area contributed by atoms with Crippen LogP contribution in [0.2, 0.25) is 0 Å². The quantitative estimate of drug-likeness (QED) is 0.0208. The number of methoxy groups -OCH3 is 2. The molecule has 0 aliphatic heterocycles. The average Bonchev–Trinajstić information content (AvgIpc) is 3.71. The summed E-state index contributed by atoms with van der Waals surface area (Å²) in [5.41, 5.74) is 6.89. The summed E-state index contributed by atoms with van der Waals surface area (Å²) in [6, 6.07) is 62.6. The Morgan fingerprint density at radius 3 is 0.780 bits per heavy atom. The van der Waals surface area contributed by atoms with Gasteiger partial charge < -0.3 is 37.9 Å². The van der Waals surface area contributed by atoms with Crippen LogP contribution in [0.25, 0.3) is 0 Å². The highest BCUT2D eigenvalue weighted by Crippen LogP contribution is 2.27. The van der Waals surface area contributed by atoms with Gasteiger partial charge in [0, 0.05) is 18.5 Å². The van der Waals surface area contributed by atoms with E-state index < -0.39 is 0 Å². The summed E-state index contributed by atoms with van der Waals surface area (Å²) in [7, 11) is 3.29. The highest BCUT2D eigenvalue weighted by Gasteiger charge is 2.04. The van der Waals surface area contributed by atoms with Crippen LogP contribution in [0.5, 0.6) is 46.0 Å². The molecule has 8 aromatic carbocycles. The summed E-state index contributed by atoms with van der Waals surface area (Å²) in [5.74, 6) is 6.74. The van der Waals surface area contributed by atoms with Crippen LogP contribution < -0.4 is 37.9 Å². The topological polar surface area (TPSA) is 148 Å². The Kier molecular flexibility index (Phi) is 30.5. The first-order valence-electron chi connectivity index (χ1n) is 32.6. The van der Waals surface area contributed by atoms with Crippen molar-refractivity contribution in [2.24, 2.45) is 30.4 Å². The van der Waals surface area contributed by atoms with Gasteiger partial charge in [0.15, 0.2) is 0 Å². The molecule has 0 spiro atoms. The van der Waals surface area contributed by atoms with Crippen LogP contribution in [0, 0.1) is 0 Å². The molecule has 0 N–H and O–H groups in total. The maximum absolute atomic E-state index is 6.07. The maximum Gasteiger partial charge on any atom is 0.121 e. The monoisotopic (exact) mass is 1230 g/mol. The number of benzene rings is 8. The van der Waals surface area contributed by atoms with Crippen molar-refractivity contribution in [3.8, 4) is 46.0 Å². The Hall–Kier alpha value is -9.30. The van der Waals surface area contributed by atoms with Crippen molar-refractivity contribution >= 4 is 46.6 Å². The molecule has 0 amide bonds. The minimum atomic E-state index is 0.637. The van der Waals surface area contributed by atoms with Gasteiger partial charge in [0.05, 0.1) is 88.0 Å². The summed E-state index contributed by atoms with van der Waals surface area (Å²) in [6.45, 7) is 4.19. The fraction of sp³-hybridized carbons (Fsp3) is 0.351. The predicted octanol–water partition coefficient (Wildman–Crippen LogP) is 21.8.